The third-order valence-electron chi connectivity index (χ3n) is 13.9. The van der Waals surface area contributed by atoms with E-state index in [1.165, 1.54) is 19.3 Å². The first-order chi connectivity index (χ1) is 15.2. The highest BCUT2D eigenvalue weighted by molar-refractivity contribution is 5.88. The third-order valence-corrected chi connectivity index (χ3v) is 13.9. The van der Waals surface area contributed by atoms with Crippen molar-refractivity contribution in [1.29, 1.82) is 0 Å². The Morgan fingerprint density at radius 1 is 0.818 bits per heavy atom. The molecule has 3 heteroatoms. The van der Waals surface area contributed by atoms with Gasteiger partial charge in [-0.25, -0.2) is 0 Å². The molecule has 5 saturated carbocycles. The van der Waals surface area contributed by atoms with E-state index >= 15 is 0 Å². The molecule has 9 atom stereocenters. The first-order valence-electron chi connectivity index (χ1n) is 14.0. The Kier molecular flexibility index (Phi) is 4.38. The minimum Gasteiger partial charge on any atom is -0.393 e. The number of ketones is 1. The molecular formula is C30H48O3. The van der Waals surface area contributed by atoms with Crippen LogP contribution in [0.2, 0.25) is 0 Å². The summed E-state index contributed by atoms with van der Waals surface area (Å²) < 4.78 is 7.05. The van der Waals surface area contributed by atoms with Gasteiger partial charge in [0.1, 0.15) is 5.78 Å². The summed E-state index contributed by atoms with van der Waals surface area (Å²) in [6.45, 7) is 17.8. The van der Waals surface area contributed by atoms with Crippen molar-refractivity contribution in [2.75, 3.05) is 6.61 Å². The molecule has 0 aromatic carbocycles. The average Bonchev–Trinajstić information content (AvgIpc) is 2.99. The molecular weight excluding hydrogens is 408 g/mol. The SMILES string of the molecule is CC1(C)CC[C@]23CO[C@@]4(CC[C@@H]5[C@]6(C)CC[C@H](O)C(C)(C)[C@@H]6CC[C@@]5(C)[C@]4(C)CC2=O)[C@@H]3C1. The number of aliphatic hydroxyl groups excluding tert-OH is 1. The standard InChI is InChI=1S/C30H48O3/c1-24(2)14-15-29-18-33-30(21(29)16-24)13-9-20-26(5)11-10-22(31)25(3,4)19(26)8-12-27(20,6)28(30,7)17-23(29)32/h19-22,31H,8-18H2,1-7H3/t19-,20+,21+,22-,26+,27+,28-,29+,30-/m0/s1. The van der Waals surface area contributed by atoms with Crippen LogP contribution < -0.4 is 0 Å². The largest absolute Gasteiger partial charge is 0.393 e. The van der Waals surface area contributed by atoms with E-state index in [1.54, 1.807) is 0 Å². The molecule has 6 rings (SSSR count). The lowest BCUT2D eigenvalue weighted by atomic mass is 9.30. The number of Topliss-reactive ketones (excluding diaryl/α,β-unsaturated/α-hetero) is 1. The summed E-state index contributed by atoms with van der Waals surface area (Å²) in [5.41, 5.74) is 0.210. The predicted molar refractivity (Wildman–Crippen MR) is 131 cm³/mol. The van der Waals surface area contributed by atoms with Gasteiger partial charge in [0.25, 0.3) is 0 Å². The third kappa shape index (κ3) is 2.39. The van der Waals surface area contributed by atoms with E-state index in [0.717, 1.165) is 44.9 Å². The highest BCUT2D eigenvalue weighted by Crippen LogP contribution is 2.79. The molecule has 1 spiro atoms. The Balaban J connectivity index is 1.46. The second-order valence-electron chi connectivity index (χ2n) is 15.7. The average molecular weight is 457 g/mol. The minimum absolute atomic E-state index is 0.0286. The zero-order chi connectivity index (χ0) is 23.9. The number of carbonyl (C=O) groups is 1. The summed E-state index contributed by atoms with van der Waals surface area (Å²) in [5, 5.41) is 10.9. The maximum Gasteiger partial charge on any atom is 0.142 e. The molecule has 1 N–H and O–H groups in total. The van der Waals surface area contributed by atoms with E-state index in [0.29, 0.717) is 35.6 Å². The van der Waals surface area contributed by atoms with Crippen LogP contribution in [0.15, 0.2) is 0 Å². The maximum absolute atomic E-state index is 14.1. The molecule has 2 bridgehead atoms. The molecule has 0 unspecified atom stereocenters. The summed E-state index contributed by atoms with van der Waals surface area (Å²) in [5.74, 6) is 2.09. The van der Waals surface area contributed by atoms with Gasteiger partial charge in [0.15, 0.2) is 0 Å². The Hall–Kier alpha value is -0.410. The van der Waals surface area contributed by atoms with Gasteiger partial charge in [0, 0.05) is 17.8 Å². The lowest BCUT2D eigenvalue weighted by Crippen LogP contribution is -2.73. The summed E-state index contributed by atoms with van der Waals surface area (Å²) in [6.07, 6.45) is 10.6. The topological polar surface area (TPSA) is 46.5 Å². The fraction of sp³-hybridized carbons (Fsp3) is 0.967. The Morgan fingerprint density at radius 3 is 2.24 bits per heavy atom. The van der Waals surface area contributed by atoms with Crippen molar-refractivity contribution < 1.29 is 14.6 Å². The molecule has 0 amide bonds. The second kappa shape index (κ2) is 6.28. The van der Waals surface area contributed by atoms with Crippen LogP contribution in [0.3, 0.4) is 0 Å². The van der Waals surface area contributed by atoms with Crippen molar-refractivity contribution >= 4 is 5.78 Å². The molecule has 3 nitrogen and oxygen atoms in total. The van der Waals surface area contributed by atoms with E-state index in [-0.39, 0.29) is 38.8 Å². The van der Waals surface area contributed by atoms with Crippen molar-refractivity contribution in [2.24, 2.45) is 50.2 Å². The van der Waals surface area contributed by atoms with E-state index in [2.05, 4.69) is 48.5 Å². The van der Waals surface area contributed by atoms with Gasteiger partial charge in [-0.3, -0.25) is 4.79 Å². The fourth-order valence-electron chi connectivity index (χ4n) is 11.7. The highest BCUT2D eigenvalue weighted by Gasteiger charge is 2.80. The number of aliphatic hydroxyl groups is 1. The molecule has 33 heavy (non-hydrogen) atoms. The van der Waals surface area contributed by atoms with Crippen molar-refractivity contribution in [3.8, 4) is 0 Å². The quantitative estimate of drug-likeness (QED) is 0.449. The van der Waals surface area contributed by atoms with E-state index in [1.807, 2.05) is 0 Å². The Labute approximate surface area is 201 Å². The van der Waals surface area contributed by atoms with Crippen LogP contribution >= 0.6 is 0 Å². The van der Waals surface area contributed by atoms with Gasteiger partial charge in [-0.05, 0) is 91.3 Å². The molecule has 1 heterocycles. The van der Waals surface area contributed by atoms with Gasteiger partial charge in [0.05, 0.1) is 23.7 Å². The number of ether oxygens (including phenoxy) is 1. The zero-order valence-corrected chi connectivity index (χ0v) is 22.4. The molecule has 0 aromatic heterocycles. The van der Waals surface area contributed by atoms with Crippen LogP contribution in [0, 0.1) is 50.2 Å². The molecule has 0 radical (unpaired) electrons. The molecule has 186 valence electrons. The predicted octanol–water partition coefficient (Wildman–Crippen LogP) is 6.56. The lowest BCUT2D eigenvalue weighted by molar-refractivity contribution is -0.282. The van der Waals surface area contributed by atoms with Crippen molar-refractivity contribution in [1.82, 2.24) is 0 Å². The number of rotatable bonds is 0. The molecule has 1 aliphatic heterocycles. The monoisotopic (exact) mass is 456 g/mol. The summed E-state index contributed by atoms with van der Waals surface area (Å²) in [6, 6.07) is 0. The summed E-state index contributed by atoms with van der Waals surface area (Å²) >= 11 is 0. The van der Waals surface area contributed by atoms with Gasteiger partial charge in [0.2, 0.25) is 0 Å². The number of carbonyl (C=O) groups excluding carboxylic acids is 1. The van der Waals surface area contributed by atoms with Crippen LogP contribution in [0.1, 0.15) is 113 Å². The smallest absolute Gasteiger partial charge is 0.142 e. The van der Waals surface area contributed by atoms with Crippen LogP contribution in [0.25, 0.3) is 0 Å². The van der Waals surface area contributed by atoms with Crippen molar-refractivity contribution in [3.63, 3.8) is 0 Å². The van der Waals surface area contributed by atoms with Gasteiger partial charge >= 0.3 is 0 Å². The Bertz CT molecular complexity index is 891. The van der Waals surface area contributed by atoms with Gasteiger partial charge in [-0.15, -0.1) is 0 Å². The normalized spacial score (nSPS) is 58.6. The van der Waals surface area contributed by atoms with E-state index in [4.69, 9.17) is 4.74 Å². The lowest BCUT2D eigenvalue weighted by Gasteiger charge is -2.74. The number of hydrogen-bond donors (Lipinski definition) is 1. The zero-order valence-electron chi connectivity index (χ0n) is 22.4. The van der Waals surface area contributed by atoms with Crippen molar-refractivity contribution in [2.45, 2.75) is 124 Å². The molecule has 5 aliphatic carbocycles. The summed E-state index contributed by atoms with van der Waals surface area (Å²) in [7, 11) is 0. The van der Waals surface area contributed by atoms with Crippen LogP contribution in [0.4, 0.5) is 0 Å². The molecule has 6 fully saturated rings. The van der Waals surface area contributed by atoms with Crippen LogP contribution in [-0.2, 0) is 9.53 Å². The first kappa shape index (κ1) is 23.0. The van der Waals surface area contributed by atoms with E-state index in [9.17, 15) is 9.90 Å². The first-order valence-corrected chi connectivity index (χ1v) is 14.0. The van der Waals surface area contributed by atoms with Gasteiger partial charge in [-0.1, -0.05) is 48.5 Å². The van der Waals surface area contributed by atoms with Crippen molar-refractivity contribution in [3.05, 3.63) is 0 Å². The number of fused-ring (bicyclic) bond motifs is 4. The molecule has 0 aromatic rings. The second-order valence-corrected chi connectivity index (χ2v) is 15.7. The van der Waals surface area contributed by atoms with Gasteiger partial charge in [-0.2, -0.15) is 0 Å². The fourth-order valence-corrected chi connectivity index (χ4v) is 11.7. The van der Waals surface area contributed by atoms with E-state index < -0.39 is 0 Å². The maximum atomic E-state index is 14.1. The highest BCUT2D eigenvalue weighted by atomic mass is 16.5. The molecule has 1 saturated heterocycles. The van der Waals surface area contributed by atoms with Crippen LogP contribution in [-0.4, -0.2) is 29.2 Å². The summed E-state index contributed by atoms with van der Waals surface area (Å²) in [4.78, 5) is 14.1. The minimum atomic E-state index is -0.198. The van der Waals surface area contributed by atoms with Gasteiger partial charge < -0.3 is 9.84 Å². The number of hydrogen-bond acceptors (Lipinski definition) is 3. The molecule has 6 aliphatic rings. The Morgan fingerprint density at radius 2 is 1.52 bits per heavy atom. The van der Waals surface area contributed by atoms with Crippen LogP contribution in [0.5, 0.6) is 0 Å².